The fourth-order valence-corrected chi connectivity index (χ4v) is 4.45. The Kier molecular flexibility index (Phi) is 6.36. The Bertz CT molecular complexity index is 1180. The molecular weight excluding hydrogens is 409 g/mol. The van der Waals surface area contributed by atoms with Crippen molar-refractivity contribution in [2.45, 2.75) is 26.0 Å². The molecule has 3 rings (SSSR count). The molecule has 0 saturated carbocycles. The van der Waals surface area contributed by atoms with Gasteiger partial charge in [-0.2, -0.15) is 0 Å². The lowest BCUT2D eigenvalue weighted by Gasteiger charge is -2.06. The topological polar surface area (TPSA) is 86.5 Å². The molecule has 0 aliphatic carbocycles. The number of Topliss-reactive ketones (excluding diaryl/α,β-unsaturated/α-hetero) is 1. The highest BCUT2D eigenvalue weighted by atomic mass is 32.2. The minimum atomic E-state index is -3.75. The number of aromatic nitrogens is 1. The summed E-state index contributed by atoms with van der Waals surface area (Å²) in [5.41, 5.74) is 2.13. The van der Waals surface area contributed by atoms with E-state index in [4.69, 9.17) is 9.15 Å². The highest BCUT2D eigenvalue weighted by Crippen LogP contribution is 2.26. The number of carbonyl (C=O) groups excluding carboxylic acids is 1. The van der Waals surface area contributed by atoms with E-state index in [1.165, 1.54) is 18.2 Å². The van der Waals surface area contributed by atoms with Crippen molar-refractivity contribution < 1.29 is 26.8 Å². The van der Waals surface area contributed by atoms with Crippen molar-refractivity contribution in [3.63, 3.8) is 0 Å². The van der Waals surface area contributed by atoms with E-state index in [9.17, 15) is 17.6 Å². The molecule has 0 radical (unpaired) electrons. The van der Waals surface area contributed by atoms with Crippen LogP contribution < -0.4 is 4.74 Å². The quantitative estimate of drug-likeness (QED) is 0.539. The van der Waals surface area contributed by atoms with Gasteiger partial charge in [0.25, 0.3) is 0 Å². The van der Waals surface area contributed by atoms with Gasteiger partial charge in [0.05, 0.1) is 18.6 Å². The minimum Gasteiger partial charge on any atom is -0.497 e. The van der Waals surface area contributed by atoms with Crippen LogP contribution in [0.1, 0.15) is 22.6 Å². The number of ketones is 1. The van der Waals surface area contributed by atoms with Crippen LogP contribution >= 0.6 is 0 Å². The number of aryl methyl sites for hydroxylation is 2. The number of carbonyl (C=O) groups is 1. The number of hydrogen-bond donors (Lipinski definition) is 0. The zero-order valence-corrected chi connectivity index (χ0v) is 17.8. The number of hydrogen-bond acceptors (Lipinski definition) is 6. The molecule has 8 heteroatoms. The monoisotopic (exact) mass is 431 g/mol. The predicted molar refractivity (Wildman–Crippen MR) is 111 cm³/mol. The van der Waals surface area contributed by atoms with Crippen LogP contribution in [0, 0.1) is 19.7 Å². The van der Waals surface area contributed by atoms with Crippen LogP contribution in [-0.4, -0.2) is 32.0 Å². The first-order valence-corrected chi connectivity index (χ1v) is 11.1. The molecule has 0 aliphatic heterocycles. The van der Waals surface area contributed by atoms with E-state index in [1.807, 2.05) is 0 Å². The molecule has 0 amide bonds. The third-order valence-electron chi connectivity index (χ3n) is 4.64. The second-order valence-corrected chi connectivity index (χ2v) is 9.14. The number of benzene rings is 2. The van der Waals surface area contributed by atoms with Gasteiger partial charge in [0, 0.05) is 12.0 Å². The van der Waals surface area contributed by atoms with Crippen LogP contribution in [0.25, 0.3) is 11.5 Å². The van der Waals surface area contributed by atoms with Crippen molar-refractivity contribution in [3.8, 4) is 17.2 Å². The van der Waals surface area contributed by atoms with E-state index >= 15 is 0 Å². The number of rotatable bonds is 8. The summed E-state index contributed by atoms with van der Waals surface area (Å²) in [7, 11) is -2.21. The summed E-state index contributed by atoms with van der Waals surface area (Å²) in [6, 6.07) is 11.1. The Labute approximate surface area is 174 Å². The highest BCUT2D eigenvalue weighted by Gasteiger charge is 2.22. The first kappa shape index (κ1) is 21.7. The van der Waals surface area contributed by atoms with E-state index < -0.39 is 32.9 Å². The molecule has 0 saturated heterocycles. The average Bonchev–Trinajstić information content (AvgIpc) is 3.03. The van der Waals surface area contributed by atoms with Crippen molar-refractivity contribution in [1.29, 1.82) is 0 Å². The Balaban J connectivity index is 1.72. The minimum absolute atomic E-state index is 0.0712. The maximum Gasteiger partial charge on any atom is 0.226 e. The molecule has 0 bridgehead atoms. The van der Waals surface area contributed by atoms with Gasteiger partial charge in [0.15, 0.2) is 15.6 Å². The second kappa shape index (κ2) is 8.79. The Hall–Kier alpha value is -3.00. The fourth-order valence-electron chi connectivity index (χ4n) is 3.07. The van der Waals surface area contributed by atoms with Crippen molar-refractivity contribution in [2.24, 2.45) is 0 Å². The fraction of sp³-hybridized carbons (Fsp3) is 0.273. The van der Waals surface area contributed by atoms with Gasteiger partial charge < -0.3 is 9.15 Å². The standard InChI is InChI=1S/C22H22FNO5S/c1-14-9-18(23)8-7-16(14)10-19(25)12-30(26,27)13-21-15(2)29-22(24-21)17-5-4-6-20(11-17)28-3/h4-9,11H,10,12-13H2,1-3H3. The van der Waals surface area contributed by atoms with Crippen LogP contribution in [0.15, 0.2) is 46.9 Å². The molecule has 0 N–H and O–H groups in total. The van der Waals surface area contributed by atoms with Gasteiger partial charge in [-0.3, -0.25) is 4.79 Å². The smallest absolute Gasteiger partial charge is 0.226 e. The lowest BCUT2D eigenvalue weighted by atomic mass is 10.0. The van der Waals surface area contributed by atoms with Crippen LogP contribution in [-0.2, 0) is 26.8 Å². The Morgan fingerprint density at radius 1 is 1.17 bits per heavy atom. The number of nitrogens with zero attached hydrogens (tertiary/aromatic N) is 1. The van der Waals surface area contributed by atoms with Crippen LogP contribution in [0.5, 0.6) is 5.75 Å². The predicted octanol–water partition coefficient (Wildman–Crippen LogP) is 3.83. The molecular formula is C22H22FNO5S. The first-order chi connectivity index (χ1) is 14.2. The van der Waals surface area contributed by atoms with Gasteiger partial charge in [0.1, 0.15) is 23.1 Å². The molecule has 2 aromatic carbocycles. The second-order valence-electron chi connectivity index (χ2n) is 7.07. The zero-order valence-electron chi connectivity index (χ0n) is 16.9. The van der Waals surface area contributed by atoms with Gasteiger partial charge in [-0.1, -0.05) is 12.1 Å². The summed E-state index contributed by atoms with van der Waals surface area (Å²) in [6.45, 7) is 3.31. The lowest BCUT2D eigenvalue weighted by molar-refractivity contribution is -0.116. The number of sulfone groups is 1. The highest BCUT2D eigenvalue weighted by molar-refractivity contribution is 7.91. The summed E-state index contributed by atoms with van der Waals surface area (Å²) < 4.78 is 49.1. The molecule has 0 unspecified atom stereocenters. The Morgan fingerprint density at radius 2 is 1.93 bits per heavy atom. The molecule has 158 valence electrons. The number of halogens is 1. The largest absolute Gasteiger partial charge is 0.497 e. The molecule has 3 aromatic rings. The van der Waals surface area contributed by atoms with Gasteiger partial charge in [0.2, 0.25) is 5.89 Å². The van der Waals surface area contributed by atoms with E-state index in [1.54, 1.807) is 45.2 Å². The van der Waals surface area contributed by atoms with Crippen LogP contribution in [0.4, 0.5) is 4.39 Å². The van der Waals surface area contributed by atoms with Crippen LogP contribution in [0.3, 0.4) is 0 Å². The summed E-state index contributed by atoms with van der Waals surface area (Å²) in [6.07, 6.45) is -0.0712. The van der Waals surface area contributed by atoms with Gasteiger partial charge in [-0.25, -0.2) is 17.8 Å². The van der Waals surface area contributed by atoms with Gasteiger partial charge in [-0.05, 0) is 55.3 Å². The molecule has 0 atom stereocenters. The van der Waals surface area contributed by atoms with Crippen molar-refractivity contribution in [2.75, 3.05) is 12.9 Å². The molecule has 0 spiro atoms. The maximum atomic E-state index is 13.2. The average molecular weight is 431 g/mol. The van der Waals surface area contributed by atoms with E-state index in [0.717, 1.165) is 0 Å². The summed E-state index contributed by atoms with van der Waals surface area (Å²) in [5, 5.41) is 0. The molecule has 6 nitrogen and oxygen atoms in total. The maximum absolute atomic E-state index is 13.2. The zero-order chi connectivity index (χ0) is 21.9. The SMILES string of the molecule is COc1cccc(-c2nc(CS(=O)(=O)CC(=O)Cc3ccc(F)cc3C)c(C)o2)c1. The third kappa shape index (κ3) is 5.33. The normalized spacial score (nSPS) is 11.5. The molecule has 0 fully saturated rings. The first-order valence-electron chi connectivity index (χ1n) is 9.25. The number of oxazole rings is 1. The number of methoxy groups -OCH3 is 1. The van der Waals surface area contributed by atoms with Crippen LogP contribution in [0.2, 0.25) is 0 Å². The van der Waals surface area contributed by atoms with Crippen molar-refractivity contribution in [1.82, 2.24) is 4.98 Å². The molecule has 30 heavy (non-hydrogen) atoms. The van der Waals surface area contributed by atoms with Gasteiger partial charge >= 0.3 is 0 Å². The third-order valence-corrected chi connectivity index (χ3v) is 6.11. The molecule has 0 aliphatic rings. The van der Waals surface area contributed by atoms with E-state index in [0.29, 0.717) is 28.2 Å². The molecule has 1 heterocycles. The van der Waals surface area contributed by atoms with Crippen molar-refractivity contribution in [3.05, 3.63) is 70.9 Å². The summed E-state index contributed by atoms with van der Waals surface area (Å²) in [5.74, 6) is -0.601. The summed E-state index contributed by atoms with van der Waals surface area (Å²) >= 11 is 0. The lowest BCUT2D eigenvalue weighted by Crippen LogP contribution is -2.20. The summed E-state index contributed by atoms with van der Waals surface area (Å²) in [4.78, 5) is 16.6. The number of ether oxygens (including phenoxy) is 1. The van der Waals surface area contributed by atoms with Crippen molar-refractivity contribution >= 4 is 15.6 Å². The molecule has 1 aromatic heterocycles. The van der Waals surface area contributed by atoms with E-state index in [2.05, 4.69) is 4.98 Å². The Morgan fingerprint density at radius 3 is 2.63 bits per heavy atom. The van der Waals surface area contributed by atoms with E-state index in [-0.39, 0.29) is 18.0 Å². The van der Waals surface area contributed by atoms with Gasteiger partial charge in [-0.15, -0.1) is 0 Å².